The van der Waals surface area contributed by atoms with Crippen molar-refractivity contribution in [3.63, 3.8) is 0 Å². The molecule has 2 amide bonds. The molecule has 2 aliphatic heterocycles. The predicted molar refractivity (Wildman–Crippen MR) is 134 cm³/mol. The second-order valence-corrected chi connectivity index (χ2v) is 11.5. The molecule has 5 rings (SSSR count). The molecule has 5 nitrogen and oxygen atoms in total. The summed E-state index contributed by atoms with van der Waals surface area (Å²) in [6.07, 6.45) is 10.7. The van der Waals surface area contributed by atoms with Crippen molar-refractivity contribution in [2.45, 2.75) is 84.1 Å². The Hall–Kier alpha value is -2.04. The van der Waals surface area contributed by atoms with E-state index in [2.05, 4.69) is 30.9 Å². The molecule has 2 atom stereocenters. The van der Waals surface area contributed by atoms with Gasteiger partial charge in [-0.05, 0) is 82.3 Å². The van der Waals surface area contributed by atoms with Crippen molar-refractivity contribution in [3.8, 4) is 5.75 Å². The number of hydrogen-bond donors (Lipinski definition) is 0. The minimum atomic E-state index is -0.337. The van der Waals surface area contributed by atoms with Crippen molar-refractivity contribution in [2.24, 2.45) is 23.2 Å². The second kappa shape index (κ2) is 9.91. The molecule has 2 aliphatic carbocycles. The minimum absolute atomic E-state index is 0.139. The summed E-state index contributed by atoms with van der Waals surface area (Å²) in [5.74, 6) is 3.22. The number of para-hydroxylation sites is 1. The van der Waals surface area contributed by atoms with Gasteiger partial charge in [-0.1, -0.05) is 37.5 Å². The van der Waals surface area contributed by atoms with Crippen molar-refractivity contribution in [1.29, 1.82) is 0 Å². The molecule has 186 valence electrons. The Morgan fingerprint density at radius 2 is 1.68 bits per heavy atom. The third-order valence-electron chi connectivity index (χ3n) is 9.23. The van der Waals surface area contributed by atoms with Crippen LogP contribution in [0, 0.1) is 23.2 Å². The summed E-state index contributed by atoms with van der Waals surface area (Å²) in [5.41, 5.74) is 0.932. The van der Waals surface area contributed by atoms with E-state index in [-0.39, 0.29) is 23.3 Å². The standard InChI is InChI=1S/C29H42N2O3/c1-21(2)31-19-20-34-25-13-6-3-9-22(25)10-7-8-14-29(28(31)33)15-17-30(18-16-29)27(32)26-23-11-4-5-12-24(23)26/h3,6,9,13,21,23-24,26H,4-5,7-8,10-12,14-20H2,1-2H3. The molecule has 2 saturated carbocycles. The summed E-state index contributed by atoms with van der Waals surface area (Å²) in [4.78, 5) is 31.5. The highest BCUT2D eigenvalue weighted by molar-refractivity contribution is 5.85. The number of carbonyl (C=O) groups excluding carboxylic acids is 2. The zero-order valence-electron chi connectivity index (χ0n) is 21.1. The van der Waals surface area contributed by atoms with Gasteiger partial charge in [-0.15, -0.1) is 0 Å². The van der Waals surface area contributed by atoms with Crippen molar-refractivity contribution in [2.75, 3.05) is 26.2 Å². The molecule has 0 bridgehead atoms. The fraction of sp³-hybridized carbons (Fsp3) is 0.724. The number of ether oxygens (including phenoxy) is 1. The quantitative estimate of drug-likeness (QED) is 0.611. The molecule has 0 aromatic heterocycles. The number of rotatable bonds is 2. The number of likely N-dealkylation sites (tertiary alicyclic amines) is 1. The molecule has 1 spiro atoms. The number of amides is 2. The van der Waals surface area contributed by atoms with Gasteiger partial charge < -0.3 is 14.5 Å². The van der Waals surface area contributed by atoms with E-state index in [1.807, 2.05) is 17.0 Å². The maximum atomic E-state index is 14.0. The highest BCUT2D eigenvalue weighted by Crippen LogP contribution is 2.56. The third kappa shape index (κ3) is 4.59. The van der Waals surface area contributed by atoms with Crippen LogP contribution in [0.15, 0.2) is 24.3 Å². The lowest BCUT2D eigenvalue weighted by Crippen LogP contribution is -2.54. The summed E-state index contributed by atoms with van der Waals surface area (Å²) >= 11 is 0. The van der Waals surface area contributed by atoms with Gasteiger partial charge in [-0.2, -0.15) is 0 Å². The number of piperidine rings is 1. The van der Waals surface area contributed by atoms with Gasteiger partial charge in [-0.25, -0.2) is 0 Å². The van der Waals surface area contributed by atoms with Crippen LogP contribution in [0.25, 0.3) is 0 Å². The summed E-state index contributed by atoms with van der Waals surface area (Å²) in [6, 6.07) is 8.47. The average Bonchev–Trinajstić information content (AvgIpc) is 3.58. The van der Waals surface area contributed by atoms with Crippen LogP contribution in [-0.2, 0) is 16.0 Å². The largest absolute Gasteiger partial charge is 0.491 e. The first-order valence-corrected chi connectivity index (χ1v) is 13.8. The summed E-state index contributed by atoms with van der Waals surface area (Å²) in [6.45, 7) is 6.84. The third-order valence-corrected chi connectivity index (χ3v) is 9.23. The number of aryl methyl sites for hydroxylation is 1. The molecule has 34 heavy (non-hydrogen) atoms. The topological polar surface area (TPSA) is 49.9 Å². The van der Waals surface area contributed by atoms with E-state index in [1.54, 1.807) is 0 Å². The Bertz CT molecular complexity index is 877. The van der Waals surface area contributed by atoms with Gasteiger partial charge in [0, 0.05) is 25.0 Å². The van der Waals surface area contributed by atoms with Crippen molar-refractivity contribution in [1.82, 2.24) is 9.80 Å². The van der Waals surface area contributed by atoms with Crippen LogP contribution in [-0.4, -0.2) is 53.9 Å². The van der Waals surface area contributed by atoms with Crippen LogP contribution in [0.2, 0.25) is 0 Å². The van der Waals surface area contributed by atoms with Gasteiger partial charge in [0.15, 0.2) is 0 Å². The van der Waals surface area contributed by atoms with Crippen molar-refractivity contribution >= 4 is 11.8 Å². The zero-order chi connectivity index (χ0) is 23.7. The number of carbonyl (C=O) groups is 2. The second-order valence-electron chi connectivity index (χ2n) is 11.5. The molecule has 0 N–H and O–H groups in total. The SMILES string of the molecule is CC(C)N1CCOc2ccccc2CCCCC2(CCN(C(=O)C3C4CCCCC43)CC2)C1=O. The summed E-state index contributed by atoms with van der Waals surface area (Å²) < 4.78 is 6.15. The van der Waals surface area contributed by atoms with E-state index in [4.69, 9.17) is 4.74 Å². The molecule has 0 radical (unpaired) electrons. The number of hydrogen-bond acceptors (Lipinski definition) is 3. The molecule has 5 heteroatoms. The summed E-state index contributed by atoms with van der Waals surface area (Å²) in [5, 5.41) is 0. The van der Waals surface area contributed by atoms with Crippen LogP contribution in [0.3, 0.4) is 0 Å². The fourth-order valence-electron chi connectivity index (χ4n) is 7.08. The summed E-state index contributed by atoms with van der Waals surface area (Å²) in [7, 11) is 0. The monoisotopic (exact) mass is 466 g/mol. The Kier molecular flexibility index (Phi) is 6.90. The van der Waals surface area contributed by atoms with E-state index in [1.165, 1.54) is 31.2 Å². The molecule has 3 fully saturated rings. The number of fused-ring (bicyclic) bond motifs is 2. The first kappa shape index (κ1) is 23.7. The first-order chi connectivity index (χ1) is 16.5. The minimum Gasteiger partial charge on any atom is -0.491 e. The zero-order valence-corrected chi connectivity index (χ0v) is 21.1. The van der Waals surface area contributed by atoms with E-state index in [0.717, 1.165) is 57.4 Å². The van der Waals surface area contributed by atoms with Gasteiger partial charge in [0.05, 0.1) is 12.0 Å². The number of benzene rings is 1. The van der Waals surface area contributed by atoms with E-state index in [0.29, 0.717) is 30.9 Å². The molecule has 4 aliphatic rings. The molecular formula is C29H42N2O3. The van der Waals surface area contributed by atoms with Gasteiger partial charge >= 0.3 is 0 Å². The lowest BCUT2D eigenvalue weighted by atomic mass is 9.72. The lowest BCUT2D eigenvalue weighted by molar-refractivity contribution is -0.151. The Morgan fingerprint density at radius 3 is 2.38 bits per heavy atom. The van der Waals surface area contributed by atoms with E-state index < -0.39 is 0 Å². The predicted octanol–water partition coefficient (Wildman–Crippen LogP) is 5.07. The normalized spacial score (nSPS) is 29.5. The van der Waals surface area contributed by atoms with Crippen molar-refractivity contribution in [3.05, 3.63) is 29.8 Å². The van der Waals surface area contributed by atoms with E-state index >= 15 is 0 Å². The smallest absolute Gasteiger partial charge is 0.229 e. The van der Waals surface area contributed by atoms with Crippen LogP contribution >= 0.6 is 0 Å². The number of nitrogens with zero attached hydrogens (tertiary/aromatic N) is 2. The first-order valence-electron chi connectivity index (χ1n) is 13.8. The van der Waals surface area contributed by atoms with Gasteiger partial charge in [-0.3, -0.25) is 9.59 Å². The molecule has 2 heterocycles. The molecular weight excluding hydrogens is 424 g/mol. The van der Waals surface area contributed by atoms with Crippen LogP contribution in [0.5, 0.6) is 5.75 Å². The van der Waals surface area contributed by atoms with Crippen LogP contribution in [0.1, 0.15) is 77.2 Å². The lowest BCUT2D eigenvalue weighted by Gasteiger charge is -2.44. The van der Waals surface area contributed by atoms with Crippen LogP contribution in [0.4, 0.5) is 0 Å². The van der Waals surface area contributed by atoms with Crippen molar-refractivity contribution < 1.29 is 14.3 Å². The highest BCUT2D eigenvalue weighted by Gasteiger charge is 2.56. The Labute approximate surface area is 205 Å². The molecule has 1 saturated heterocycles. The highest BCUT2D eigenvalue weighted by atomic mass is 16.5. The van der Waals surface area contributed by atoms with Gasteiger partial charge in [0.1, 0.15) is 12.4 Å². The fourth-order valence-corrected chi connectivity index (χ4v) is 7.08. The maximum Gasteiger partial charge on any atom is 0.229 e. The average molecular weight is 467 g/mol. The Morgan fingerprint density at radius 1 is 0.971 bits per heavy atom. The molecule has 1 aromatic rings. The van der Waals surface area contributed by atoms with E-state index in [9.17, 15) is 9.59 Å². The Balaban J connectivity index is 1.29. The molecule has 1 aromatic carbocycles. The van der Waals surface area contributed by atoms with Gasteiger partial charge in [0.25, 0.3) is 0 Å². The van der Waals surface area contributed by atoms with Gasteiger partial charge in [0.2, 0.25) is 11.8 Å². The van der Waals surface area contributed by atoms with Crippen LogP contribution < -0.4 is 4.74 Å². The maximum absolute atomic E-state index is 14.0. The molecule has 2 unspecified atom stereocenters.